The van der Waals surface area contributed by atoms with Gasteiger partial charge in [-0.05, 0) is 20.3 Å². The minimum absolute atomic E-state index is 0.106. The number of carbonyl (C=O) groups is 1. The normalized spacial score (nSPS) is 12.3. The maximum absolute atomic E-state index is 12.3. The van der Waals surface area contributed by atoms with Gasteiger partial charge in [-0.3, -0.25) is 9.48 Å². The number of nitrogens with one attached hydrogen (secondary N) is 1. The Bertz CT molecular complexity index is 614. The van der Waals surface area contributed by atoms with Gasteiger partial charge in [0.25, 0.3) is 0 Å². The molecule has 1 amide bonds. The Kier molecular flexibility index (Phi) is 16.7. The van der Waals surface area contributed by atoms with E-state index in [4.69, 9.17) is 11.6 Å². The molecular formula is C27H50ClN3O. The van der Waals surface area contributed by atoms with Crippen LogP contribution in [0.4, 0.5) is 0 Å². The van der Waals surface area contributed by atoms with Crippen LogP contribution in [0.5, 0.6) is 0 Å². The number of carbonyl (C=O) groups excluding carboxylic acids is 1. The van der Waals surface area contributed by atoms with Crippen LogP contribution in [0.2, 0.25) is 5.02 Å². The zero-order valence-electron chi connectivity index (χ0n) is 21.5. The molecule has 0 aliphatic carbocycles. The molecule has 1 atom stereocenters. The van der Waals surface area contributed by atoms with Crippen LogP contribution in [0.15, 0.2) is 0 Å². The molecule has 1 rings (SSSR count). The van der Waals surface area contributed by atoms with E-state index in [-0.39, 0.29) is 11.8 Å². The minimum atomic E-state index is -0.106. The van der Waals surface area contributed by atoms with Crippen molar-refractivity contribution < 1.29 is 4.79 Å². The Hall–Kier alpha value is -1.03. The molecule has 0 aliphatic rings. The van der Waals surface area contributed by atoms with Gasteiger partial charge in [0.05, 0.1) is 28.9 Å². The van der Waals surface area contributed by atoms with Crippen LogP contribution in [-0.4, -0.2) is 22.2 Å². The van der Waals surface area contributed by atoms with Crippen molar-refractivity contribution in [2.45, 2.75) is 137 Å². The van der Waals surface area contributed by atoms with Crippen molar-refractivity contribution in [1.82, 2.24) is 15.1 Å². The predicted molar refractivity (Wildman–Crippen MR) is 138 cm³/mol. The lowest BCUT2D eigenvalue weighted by Crippen LogP contribution is -2.32. The molecule has 0 bridgehead atoms. The monoisotopic (exact) mass is 467 g/mol. The first-order chi connectivity index (χ1) is 15.5. The quantitative estimate of drug-likeness (QED) is 0.196. The van der Waals surface area contributed by atoms with Gasteiger partial charge in [-0.1, -0.05) is 122 Å². The van der Waals surface area contributed by atoms with Gasteiger partial charge in [0.2, 0.25) is 5.91 Å². The van der Waals surface area contributed by atoms with Crippen LogP contribution >= 0.6 is 11.6 Å². The van der Waals surface area contributed by atoms with E-state index >= 15 is 0 Å². The first-order valence-corrected chi connectivity index (χ1v) is 13.8. The van der Waals surface area contributed by atoms with Crippen molar-refractivity contribution in [3.8, 4) is 0 Å². The molecule has 0 radical (unpaired) electrons. The second-order valence-electron chi connectivity index (χ2n) is 9.66. The summed E-state index contributed by atoms with van der Waals surface area (Å²) in [7, 11) is 0. The molecule has 0 saturated heterocycles. The molecule has 0 spiro atoms. The third-order valence-corrected chi connectivity index (χ3v) is 7.06. The van der Waals surface area contributed by atoms with Crippen LogP contribution in [0.3, 0.4) is 0 Å². The van der Waals surface area contributed by atoms with Gasteiger partial charge in [-0.15, -0.1) is 0 Å². The molecule has 0 fully saturated rings. The van der Waals surface area contributed by atoms with E-state index in [1.807, 2.05) is 25.5 Å². The number of unbranched alkanes of at least 4 members (excludes halogenated alkanes) is 15. The van der Waals surface area contributed by atoms with Crippen molar-refractivity contribution in [1.29, 1.82) is 0 Å². The smallest absolute Gasteiger partial charge is 0.224 e. The summed E-state index contributed by atoms with van der Waals surface area (Å²) >= 11 is 6.19. The number of halogens is 1. The highest BCUT2D eigenvalue weighted by atomic mass is 35.5. The van der Waals surface area contributed by atoms with E-state index in [2.05, 4.69) is 17.3 Å². The average Bonchev–Trinajstić information content (AvgIpc) is 3.02. The number of amides is 1. The second-order valence-corrected chi connectivity index (χ2v) is 10.0. The van der Waals surface area contributed by atoms with E-state index in [9.17, 15) is 4.79 Å². The zero-order chi connectivity index (χ0) is 23.6. The summed E-state index contributed by atoms with van der Waals surface area (Å²) < 4.78 is 1.84. The zero-order valence-corrected chi connectivity index (χ0v) is 22.2. The second kappa shape index (κ2) is 18.4. The molecule has 32 heavy (non-hydrogen) atoms. The topological polar surface area (TPSA) is 46.9 Å². The molecule has 0 aliphatic heterocycles. The molecule has 1 aromatic heterocycles. The molecule has 1 unspecified atom stereocenters. The summed E-state index contributed by atoms with van der Waals surface area (Å²) in [6, 6.07) is 0. The number of nitrogens with zero attached hydrogens (tertiary/aromatic N) is 2. The van der Waals surface area contributed by atoms with Crippen molar-refractivity contribution in [2.75, 3.05) is 6.54 Å². The first kappa shape index (κ1) is 29.0. The first-order valence-electron chi connectivity index (χ1n) is 13.4. The summed E-state index contributed by atoms with van der Waals surface area (Å²) in [6.07, 6.45) is 21.9. The van der Waals surface area contributed by atoms with Crippen molar-refractivity contribution in [2.24, 2.45) is 5.92 Å². The summed E-state index contributed by atoms with van der Waals surface area (Å²) in [5.41, 5.74) is 1.76. The Labute approximate surface area is 203 Å². The maximum atomic E-state index is 12.3. The summed E-state index contributed by atoms with van der Waals surface area (Å²) in [5, 5.41) is 8.20. The van der Waals surface area contributed by atoms with Gasteiger partial charge >= 0.3 is 0 Å². The standard InChI is InChI=1S/C27H50ClN3O/c1-5-6-7-8-9-10-11-12-13-14-15-16-17-18-19-20-21-29-27(32)23(2)22-31-25(4)26(28)24(3)30-31/h23H,5-22H2,1-4H3,(H,29,32). The fraction of sp³-hybridized carbons (Fsp3) is 0.852. The molecule has 0 aromatic carbocycles. The van der Waals surface area contributed by atoms with E-state index in [0.717, 1.165) is 24.4 Å². The molecule has 0 saturated carbocycles. The van der Waals surface area contributed by atoms with Gasteiger partial charge in [0.1, 0.15) is 0 Å². The van der Waals surface area contributed by atoms with Crippen LogP contribution in [0, 0.1) is 19.8 Å². The molecule has 5 heteroatoms. The lowest BCUT2D eigenvalue weighted by atomic mass is 10.0. The van der Waals surface area contributed by atoms with Crippen LogP contribution in [0.1, 0.15) is 128 Å². The number of aromatic nitrogens is 2. The maximum Gasteiger partial charge on any atom is 0.224 e. The summed E-state index contributed by atoms with van der Waals surface area (Å²) in [5.74, 6) is -0.000223. The van der Waals surface area contributed by atoms with Crippen molar-refractivity contribution >= 4 is 17.5 Å². The van der Waals surface area contributed by atoms with Crippen LogP contribution < -0.4 is 5.32 Å². The Balaban J connectivity index is 1.89. The van der Waals surface area contributed by atoms with Gasteiger partial charge in [-0.25, -0.2) is 0 Å². The molecule has 1 aromatic rings. The third-order valence-electron chi connectivity index (χ3n) is 6.52. The number of aryl methyl sites for hydroxylation is 1. The highest BCUT2D eigenvalue weighted by Gasteiger charge is 2.16. The molecule has 4 nitrogen and oxygen atoms in total. The van der Waals surface area contributed by atoms with Crippen LogP contribution in [0.25, 0.3) is 0 Å². The minimum Gasteiger partial charge on any atom is -0.356 e. The van der Waals surface area contributed by atoms with Crippen LogP contribution in [-0.2, 0) is 11.3 Å². The van der Waals surface area contributed by atoms with Crippen molar-refractivity contribution in [3.63, 3.8) is 0 Å². The number of hydrogen-bond donors (Lipinski definition) is 1. The summed E-state index contributed by atoms with van der Waals surface area (Å²) in [6.45, 7) is 9.43. The molecular weight excluding hydrogens is 418 g/mol. The lowest BCUT2D eigenvalue weighted by molar-refractivity contribution is -0.124. The molecule has 186 valence electrons. The number of hydrogen-bond acceptors (Lipinski definition) is 2. The summed E-state index contributed by atoms with van der Waals surface area (Å²) in [4.78, 5) is 12.3. The average molecular weight is 468 g/mol. The Morgan fingerprint density at radius 3 is 1.69 bits per heavy atom. The SMILES string of the molecule is CCCCCCCCCCCCCCCCCCNC(=O)C(C)Cn1nc(C)c(Cl)c1C. The van der Waals surface area contributed by atoms with Crippen molar-refractivity contribution in [3.05, 3.63) is 16.4 Å². The Morgan fingerprint density at radius 2 is 1.28 bits per heavy atom. The highest BCUT2D eigenvalue weighted by Crippen LogP contribution is 2.20. The fourth-order valence-electron chi connectivity index (χ4n) is 4.25. The number of rotatable bonds is 20. The lowest BCUT2D eigenvalue weighted by Gasteiger charge is -2.13. The Morgan fingerprint density at radius 1 is 0.844 bits per heavy atom. The van der Waals surface area contributed by atoms with E-state index in [1.54, 1.807) is 0 Å². The fourth-order valence-corrected chi connectivity index (χ4v) is 4.39. The predicted octanol–water partition coefficient (Wildman–Crippen LogP) is 8.17. The van der Waals surface area contributed by atoms with E-state index < -0.39 is 0 Å². The van der Waals surface area contributed by atoms with Gasteiger partial charge in [0.15, 0.2) is 0 Å². The molecule has 1 N–H and O–H groups in total. The largest absolute Gasteiger partial charge is 0.356 e. The van der Waals surface area contributed by atoms with Gasteiger partial charge < -0.3 is 5.32 Å². The highest BCUT2D eigenvalue weighted by molar-refractivity contribution is 6.31. The van der Waals surface area contributed by atoms with E-state index in [1.165, 1.54) is 96.3 Å². The molecule has 1 heterocycles. The van der Waals surface area contributed by atoms with Gasteiger partial charge in [0, 0.05) is 6.54 Å². The van der Waals surface area contributed by atoms with Gasteiger partial charge in [-0.2, -0.15) is 5.10 Å². The third kappa shape index (κ3) is 12.9. The van der Waals surface area contributed by atoms with E-state index in [0.29, 0.717) is 11.6 Å².